The highest BCUT2D eigenvalue weighted by atomic mass is 16.6. The summed E-state index contributed by atoms with van der Waals surface area (Å²) < 4.78 is 16.8. The van der Waals surface area contributed by atoms with E-state index in [4.69, 9.17) is 14.2 Å². The Morgan fingerprint density at radius 2 is 0.577 bits per heavy atom. The van der Waals surface area contributed by atoms with Gasteiger partial charge in [0.05, 0.1) is 0 Å². The molecule has 0 aliphatic heterocycles. The van der Waals surface area contributed by atoms with Gasteiger partial charge in [0.25, 0.3) is 0 Å². The number of unbranched alkanes of at least 4 members (excludes halogenated alkanes) is 38. The second kappa shape index (κ2) is 59.9. The zero-order chi connectivity index (χ0) is 51.4. The van der Waals surface area contributed by atoms with Crippen LogP contribution < -0.4 is 0 Å². The second-order valence-corrected chi connectivity index (χ2v) is 20.9. The molecule has 0 spiro atoms. The Labute approximate surface area is 441 Å². The Morgan fingerprint density at radius 3 is 0.944 bits per heavy atom. The van der Waals surface area contributed by atoms with Crippen molar-refractivity contribution in [3.63, 3.8) is 0 Å². The minimum absolute atomic E-state index is 0.0850. The van der Waals surface area contributed by atoms with Gasteiger partial charge >= 0.3 is 17.9 Å². The van der Waals surface area contributed by atoms with Gasteiger partial charge in [-0.2, -0.15) is 0 Å². The fraction of sp³-hybridized carbons (Fsp3) is 0.831. The minimum Gasteiger partial charge on any atom is -0.462 e. The maximum Gasteiger partial charge on any atom is 0.306 e. The second-order valence-electron chi connectivity index (χ2n) is 20.9. The van der Waals surface area contributed by atoms with E-state index in [0.29, 0.717) is 19.3 Å². The SMILES string of the molecule is CC/C=C\C/C=C\C/C=C\CCCCCC(=O)OC(COC(=O)CCCCCCC/C=C\CCC)COC(=O)CCCCCCCCCCCCCCCCCCCCCCCCCCCCCCCC. The van der Waals surface area contributed by atoms with Gasteiger partial charge in [-0.1, -0.05) is 288 Å². The lowest BCUT2D eigenvalue weighted by molar-refractivity contribution is -0.167. The Balaban J connectivity index is 4.06. The third-order valence-electron chi connectivity index (χ3n) is 13.8. The highest BCUT2D eigenvalue weighted by molar-refractivity contribution is 5.71. The van der Waals surface area contributed by atoms with E-state index in [2.05, 4.69) is 69.4 Å². The van der Waals surface area contributed by atoms with Crippen LogP contribution in [0.1, 0.15) is 329 Å². The maximum absolute atomic E-state index is 12.8. The first-order chi connectivity index (χ1) is 35.0. The van der Waals surface area contributed by atoms with Gasteiger partial charge < -0.3 is 14.2 Å². The van der Waals surface area contributed by atoms with Gasteiger partial charge in [0.1, 0.15) is 13.2 Å². The monoisotopic (exact) mass is 995 g/mol. The fourth-order valence-corrected chi connectivity index (χ4v) is 9.17. The van der Waals surface area contributed by atoms with E-state index in [9.17, 15) is 14.4 Å². The van der Waals surface area contributed by atoms with Crippen molar-refractivity contribution >= 4 is 17.9 Å². The average Bonchev–Trinajstić information content (AvgIpc) is 3.37. The summed E-state index contributed by atoms with van der Waals surface area (Å²) >= 11 is 0. The van der Waals surface area contributed by atoms with Crippen LogP contribution in [0.3, 0.4) is 0 Å². The molecule has 0 aliphatic carbocycles. The van der Waals surface area contributed by atoms with E-state index in [1.165, 1.54) is 193 Å². The molecular weight excluding hydrogens is 877 g/mol. The molecule has 0 aromatic heterocycles. The predicted octanol–water partition coefficient (Wildman–Crippen LogP) is 21.0. The molecule has 0 fully saturated rings. The molecule has 0 bridgehead atoms. The van der Waals surface area contributed by atoms with Crippen molar-refractivity contribution in [2.75, 3.05) is 13.2 Å². The van der Waals surface area contributed by atoms with Gasteiger partial charge in [-0.3, -0.25) is 14.4 Å². The van der Waals surface area contributed by atoms with E-state index >= 15 is 0 Å². The molecule has 0 rings (SSSR count). The Morgan fingerprint density at radius 1 is 0.296 bits per heavy atom. The lowest BCUT2D eigenvalue weighted by Gasteiger charge is -2.18. The number of hydrogen-bond donors (Lipinski definition) is 0. The van der Waals surface area contributed by atoms with Crippen molar-refractivity contribution in [3.8, 4) is 0 Å². The topological polar surface area (TPSA) is 78.9 Å². The molecule has 0 aromatic rings. The van der Waals surface area contributed by atoms with E-state index < -0.39 is 6.10 Å². The van der Waals surface area contributed by atoms with Crippen molar-refractivity contribution in [1.29, 1.82) is 0 Å². The van der Waals surface area contributed by atoms with Crippen LogP contribution in [-0.2, 0) is 28.6 Å². The molecule has 0 amide bonds. The quantitative estimate of drug-likeness (QED) is 0.0261. The van der Waals surface area contributed by atoms with Crippen LogP contribution >= 0.6 is 0 Å². The minimum atomic E-state index is -0.789. The number of rotatable bonds is 57. The predicted molar refractivity (Wildman–Crippen MR) is 307 cm³/mol. The number of carbonyl (C=O) groups excluding carboxylic acids is 3. The van der Waals surface area contributed by atoms with Crippen LogP contribution in [0.25, 0.3) is 0 Å². The van der Waals surface area contributed by atoms with Gasteiger partial charge in [0, 0.05) is 19.3 Å². The van der Waals surface area contributed by atoms with Gasteiger partial charge in [0.15, 0.2) is 6.10 Å². The van der Waals surface area contributed by atoms with Crippen LogP contribution in [0.5, 0.6) is 0 Å². The molecule has 1 atom stereocenters. The summed E-state index contributed by atoms with van der Waals surface area (Å²) in [7, 11) is 0. The van der Waals surface area contributed by atoms with Crippen LogP contribution in [-0.4, -0.2) is 37.2 Å². The van der Waals surface area contributed by atoms with E-state index in [-0.39, 0.29) is 31.1 Å². The molecule has 414 valence electrons. The first-order valence-electron chi connectivity index (χ1n) is 31.1. The molecule has 0 radical (unpaired) electrons. The standard InChI is InChI=1S/C65H118O6/c1-4-7-10-13-16-19-22-24-25-26-27-28-29-30-31-32-33-34-35-36-37-38-39-40-42-43-46-49-52-55-58-64(67)70-61-62(60-69-63(66)57-54-51-48-45-21-18-15-12-9-6-3)71-65(68)59-56-53-50-47-44-41-23-20-17-14-11-8-5-2/h8,11-12,15,17,20,41,44,62H,4-7,9-10,13-14,16,18-19,21-40,42-43,45-61H2,1-3H3/b11-8-,15-12-,20-17-,44-41-. The molecule has 0 aromatic carbocycles. The van der Waals surface area contributed by atoms with E-state index in [1.807, 2.05) is 0 Å². The number of ether oxygens (including phenoxy) is 3. The maximum atomic E-state index is 12.8. The van der Waals surface area contributed by atoms with Crippen molar-refractivity contribution in [2.45, 2.75) is 335 Å². The average molecular weight is 996 g/mol. The molecule has 1 unspecified atom stereocenters. The van der Waals surface area contributed by atoms with Crippen LogP contribution in [0.4, 0.5) is 0 Å². The molecule has 0 N–H and O–H groups in total. The summed E-state index contributed by atoms with van der Waals surface area (Å²) in [6.45, 7) is 6.47. The molecule has 0 heterocycles. The van der Waals surface area contributed by atoms with Gasteiger partial charge in [0.2, 0.25) is 0 Å². The lowest BCUT2D eigenvalue weighted by atomic mass is 10.0. The van der Waals surface area contributed by atoms with Crippen molar-refractivity contribution in [3.05, 3.63) is 48.6 Å². The summed E-state index contributed by atoms with van der Waals surface area (Å²) in [5.41, 5.74) is 0. The number of hydrogen-bond acceptors (Lipinski definition) is 6. The van der Waals surface area contributed by atoms with Crippen molar-refractivity contribution < 1.29 is 28.6 Å². The number of carbonyl (C=O) groups is 3. The molecule has 0 saturated carbocycles. The number of esters is 3. The van der Waals surface area contributed by atoms with Crippen LogP contribution in [0, 0.1) is 0 Å². The van der Waals surface area contributed by atoms with Crippen molar-refractivity contribution in [1.82, 2.24) is 0 Å². The summed E-state index contributed by atoms with van der Waals surface area (Å²) in [4.78, 5) is 38.0. The normalized spacial score (nSPS) is 12.3. The molecular formula is C65H118O6. The van der Waals surface area contributed by atoms with Gasteiger partial charge in [-0.05, 0) is 70.6 Å². The largest absolute Gasteiger partial charge is 0.462 e. The molecule has 6 nitrogen and oxygen atoms in total. The third kappa shape index (κ3) is 58.1. The zero-order valence-electron chi connectivity index (χ0n) is 47.5. The first-order valence-corrected chi connectivity index (χ1v) is 31.1. The van der Waals surface area contributed by atoms with Gasteiger partial charge in [-0.15, -0.1) is 0 Å². The smallest absolute Gasteiger partial charge is 0.306 e. The van der Waals surface area contributed by atoms with E-state index in [1.54, 1.807) is 0 Å². The molecule has 71 heavy (non-hydrogen) atoms. The molecule has 0 saturated heterocycles. The summed E-state index contributed by atoms with van der Waals surface area (Å²) in [5, 5.41) is 0. The highest BCUT2D eigenvalue weighted by Crippen LogP contribution is 2.18. The molecule has 6 heteroatoms. The van der Waals surface area contributed by atoms with Crippen LogP contribution in [0.2, 0.25) is 0 Å². The Bertz CT molecular complexity index is 1230. The van der Waals surface area contributed by atoms with E-state index in [0.717, 1.165) is 96.3 Å². The van der Waals surface area contributed by atoms with Gasteiger partial charge in [-0.25, -0.2) is 0 Å². The fourth-order valence-electron chi connectivity index (χ4n) is 9.17. The summed E-state index contributed by atoms with van der Waals surface area (Å²) in [6, 6.07) is 0. The third-order valence-corrected chi connectivity index (χ3v) is 13.8. The summed E-state index contributed by atoms with van der Waals surface area (Å²) in [6.07, 6.45) is 74.4. The number of allylic oxidation sites excluding steroid dienone is 8. The first kappa shape index (κ1) is 68.4. The van der Waals surface area contributed by atoms with Crippen LogP contribution in [0.15, 0.2) is 48.6 Å². The zero-order valence-corrected chi connectivity index (χ0v) is 47.5. The Kier molecular flexibility index (Phi) is 57.7. The highest BCUT2D eigenvalue weighted by Gasteiger charge is 2.19. The Hall–Kier alpha value is -2.63. The molecule has 0 aliphatic rings. The lowest BCUT2D eigenvalue weighted by Crippen LogP contribution is -2.30. The van der Waals surface area contributed by atoms with Crippen molar-refractivity contribution in [2.24, 2.45) is 0 Å². The summed E-state index contributed by atoms with van der Waals surface area (Å²) in [5.74, 6) is -0.913.